The van der Waals surface area contributed by atoms with Crippen LogP contribution in [0.4, 0.5) is 5.69 Å². The fraction of sp³-hybridized carbons (Fsp3) is 0.0909. The lowest BCUT2D eigenvalue weighted by molar-refractivity contribution is 0.518. The number of hydrogen-bond donors (Lipinski definition) is 1. The van der Waals surface area contributed by atoms with Crippen molar-refractivity contribution in [3.05, 3.63) is 52.0 Å². The van der Waals surface area contributed by atoms with Crippen LogP contribution in [0.2, 0.25) is 0 Å². The number of rotatable bonds is 3. The monoisotopic (exact) mass is 299 g/mol. The van der Waals surface area contributed by atoms with E-state index in [2.05, 4.69) is 40.0 Å². The molecule has 0 spiro atoms. The number of nitrogens with one attached hydrogen (secondary N) is 1. The van der Waals surface area contributed by atoms with Gasteiger partial charge in [0.2, 0.25) is 0 Å². The van der Waals surface area contributed by atoms with Crippen molar-refractivity contribution in [2.45, 2.75) is 6.54 Å². The van der Waals surface area contributed by atoms with Crippen molar-refractivity contribution in [3.8, 4) is 0 Å². The average molecular weight is 299 g/mol. The Morgan fingerprint density at radius 3 is 2.71 bits per heavy atom. The average Bonchev–Trinajstić information content (AvgIpc) is 2.69. The Kier molecular flexibility index (Phi) is 3.08. The van der Waals surface area contributed by atoms with Crippen LogP contribution >= 0.6 is 22.6 Å². The van der Waals surface area contributed by atoms with Crippen LogP contribution in [0.5, 0.6) is 0 Å². The van der Waals surface area contributed by atoms with Gasteiger partial charge in [0.15, 0.2) is 0 Å². The summed E-state index contributed by atoms with van der Waals surface area (Å²) >= 11 is 2.31. The molecule has 1 heterocycles. The Hall–Kier alpha value is -0.970. The van der Waals surface area contributed by atoms with Crippen molar-refractivity contribution in [1.29, 1.82) is 0 Å². The summed E-state index contributed by atoms with van der Waals surface area (Å²) in [5.74, 6) is 0.949. The highest BCUT2D eigenvalue weighted by Gasteiger charge is 1.98. The van der Waals surface area contributed by atoms with E-state index in [1.807, 2.05) is 24.3 Å². The van der Waals surface area contributed by atoms with E-state index in [1.165, 1.54) is 3.57 Å². The molecule has 0 amide bonds. The summed E-state index contributed by atoms with van der Waals surface area (Å²) in [4.78, 5) is 0. The first-order valence-electron chi connectivity index (χ1n) is 4.37. The SMILES string of the molecule is Ic1ccccc1NCc1ccco1. The van der Waals surface area contributed by atoms with Gasteiger partial charge in [-0.05, 0) is 46.9 Å². The fourth-order valence-corrected chi connectivity index (χ4v) is 1.78. The smallest absolute Gasteiger partial charge is 0.122 e. The minimum Gasteiger partial charge on any atom is -0.467 e. The highest BCUT2D eigenvalue weighted by atomic mass is 127. The van der Waals surface area contributed by atoms with Crippen LogP contribution in [0, 0.1) is 3.57 Å². The second kappa shape index (κ2) is 4.50. The third-order valence-corrected chi connectivity index (χ3v) is 2.85. The minimum atomic E-state index is 0.729. The molecule has 0 radical (unpaired) electrons. The summed E-state index contributed by atoms with van der Waals surface area (Å²) in [6.07, 6.45) is 1.69. The van der Waals surface area contributed by atoms with Crippen LogP contribution in [0.1, 0.15) is 5.76 Å². The largest absolute Gasteiger partial charge is 0.467 e. The molecule has 72 valence electrons. The summed E-state index contributed by atoms with van der Waals surface area (Å²) in [6.45, 7) is 0.729. The molecular formula is C11H10INO. The molecule has 0 aliphatic carbocycles. The summed E-state index contributed by atoms with van der Waals surface area (Å²) in [7, 11) is 0. The maximum atomic E-state index is 5.23. The quantitative estimate of drug-likeness (QED) is 0.878. The molecule has 2 nitrogen and oxygen atoms in total. The maximum absolute atomic E-state index is 5.23. The molecule has 14 heavy (non-hydrogen) atoms. The molecule has 0 aliphatic heterocycles. The Morgan fingerprint density at radius 1 is 1.14 bits per heavy atom. The normalized spacial score (nSPS) is 10.1. The Bertz CT molecular complexity index is 397. The highest BCUT2D eigenvalue weighted by molar-refractivity contribution is 14.1. The first-order valence-corrected chi connectivity index (χ1v) is 5.45. The third-order valence-electron chi connectivity index (χ3n) is 1.91. The van der Waals surface area contributed by atoms with E-state index < -0.39 is 0 Å². The van der Waals surface area contributed by atoms with Gasteiger partial charge < -0.3 is 9.73 Å². The van der Waals surface area contributed by atoms with Crippen molar-refractivity contribution in [3.63, 3.8) is 0 Å². The standard InChI is InChI=1S/C11H10INO/c12-10-5-1-2-6-11(10)13-8-9-4-3-7-14-9/h1-7,13H,8H2. The third kappa shape index (κ3) is 2.29. The van der Waals surface area contributed by atoms with Crippen LogP contribution in [0.25, 0.3) is 0 Å². The zero-order valence-electron chi connectivity index (χ0n) is 7.53. The van der Waals surface area contributed by atoms with E-state index in [4.69, 9.17) is 4.42 Å². The van der Waals surface area contributed by atoms with Crippen LogP contribution in [-0.2, 0) is 6.54 Å². The molecular weight excluding hydrogens is 289 g/mol. The van der Waals surface area contributed by atoms with Gasteiger partial charge in [-0.25, -0.2) is 0 Å². The first kappa shape index (κ1) is 9.58. The van der Waals surface area contributed by atoms with E-state index in [0.717, 1.165) is 18.0 Å². The number of para-hydroxylation sites is 1. The van der Waals surface area contributed by atoms with Gasteiger partial charge in [0.05, 0.1) is 12.8 Å². The summed E-state index contributed by atoms with van der Waals surface area (Å²) < 4.78 is 6.45. The fourth-order valence-electron chi connectivity index (χ4n) is 1.20. The molecule has 1 aromatic carbocycles. The summed E-state index contributed by atoms with van der Waals surface area (Å²) in [5, 5.41) is 3.31. The molecule has 2 aromatic rings. The highest BCUT2D eigenvalue weighted by Crippen LogP contribution is 2.17. The molecule has 2 rings (SSSR count). The van der Waals surface area contributed by atoms with Crippen molar-refractivity contribution < 1.29 is 4.42 Å². The van der Waals surface area contributed by atoms with Crippen molar-refractivity contribution >= 4 is 28.3 Å². The molecule has 0 saturated carbocycles. The van der Waals surface area contributed by atoms with Crippen molar-refractivity contribution in [1.82, 2.24) is 0 Å². The predicted molar refractivity (Wildman–Crippen MR) is 65.2 cm³/mol. The van der Waals surface area contributed by atoms with E-state index in [-0.39, 0.29) is 0 Å². The van der Waals surface area contributed by atoms with E-state index in [1.54, 1.807) is 6.26 Å². The van der Waals surface area contributed by atoms with Gasteiger partial charge in [0, 0.05) is 9.26 Å². The lowest BCUT2D eigenvalue weighted by atomic mass is 10.3. The lowest BCUT2D eigenvalue weighted by Gasteiger charge is -2.05. The van der Waals surface area contributed by atoms with Gasteiger partial charge in [-0.15, -0.1) is 0 Å². The molecule has 1 N–H and O–H groups in total. The van der Waals surface area contributed by atoms with Gasteiger partial charge in [0.25, 0.3) is 0 Å². The predicted octanol–water partition coefficient (Wildman–Crippen LogP) is 3.50. The van der Waals surface area contributed by atoms with Gasteiger partial charge in [-0.1, -0.05) is 12.1 Å². The Labute approximate surface area is 96.5 Å². The Balaban J connectivity index is 2.02. The number of halogens is 1. The van der Waals surface area contributed by atoms with Gasteiger partial charge in [-0.2, -0.15) is 0 Å². The zero-order chi connectivity index (χ0) is 9.80. The lowest BCUT2D eigenvalue weighted by Crippen LogP contribution is -1.99. The number of benzene rings is 1. The second-order valence-electron chi connectivity index (χ2n) is 2.91. The van der Waals surface area contributed by atoms with Gasteiger partial charge >= 0.3 is 0 Å². The van der Waals surface area contributed by atoms with Gasteiger partial charge in [-0.3, -0.25) is 0 Å². The number of furan rings is 1. The van der Waals surface area contributed by atoms with E-state index in [0.29, 0.717) is 0 Å². The van der Waals surface area contributed by atoms with Crippen LogP contribution < -0.4 is 5.32 Å². The molecule has 0 saturated heterocycles. The number of hydrogen-bond acceptors (Lipinski definition) is 2. The molecule has 0 aliphatic rings. The topological polar surface area (TPSA) is 25.2 Å². The van der Waals surface area contributed by atoms with E-state index in [9.17, 15) is 0 Å². The molecule has 0 fully saturated rings. The number of anilines is 1. The zero-order valence-corrected chi connectivity index (χ0v) is 9.69. The molecule has 3 heteroatoms. The molecule has 0 atom stereocenters. The summed E-state index contributed by atoms with van der Waals surface area (Å²) in [6, 6.07) is 12.0. The van der Waals surface area contributed by atoms with Crippen LogP contribution in [-0.4, -0.2) is 0 Å². The van der Waals surface area contributed by atoms with Gasteiger partial charge in [0.1, 0.15) is 5.76 Å². The maximum Gasteiger partial charge on any atom is 0.122 e. The van der Waals surface area contributed by atoms with Crippen molar-refractivity contribution in [2.24, 2.45) is 0 Å². The Morgan fingerprint density at radius 2 is 2.00 bits per heavy atom. The van der Waals surface area contributed by atoms with E-state index >= 15 is 0 Å². The minimum absolute atomic E-state index is 0.729. The summed E-state index contributed by atoms with van der Waals surface area (Å²) in [5.41, 5.74) is 1.14. The molecule has 0 unspecified atom stereocenters. The molecule has 1 aromatic heterocycles. The van der Waals surface area contributed by atoms with Crippen LogP contribution in [0.15, 0.2) is 47.1 Å². The van der Waals surface area contributed by atoms with Crippen LogP contribution in [0.3, 0.4) is 0 Å². The second-order valence-corrected chi connectivity index (χ2v) is 4.07. The molecule has 0 bridgehead atoms. The first-order chi connectivity index (χ1) is 6.86. The van der Waals surface area contributed by atoms with Crippen molar-refractivity contribution in [2.75, 3.05) is 5.32 Å².